The lowest BCUT2D eigenvalue weighted by Crippen LogP contribution is -2.26. The van der Waals surface area contributed by atoms with Crippen LogP contribution in [0.5, 0.6) is 0 Å². The minimum Gasteiger partial charge on any atom is -0.360 e. The predicted molar refractivity (Wildman–Crippen MR) is 50.9 cm³/mol. The second-order valence-corrected chi connectivity index (χ2v) is 3.90. The number of carbonyl (C=O) groups excluding carboxylic acids is 1. The predicted octanol–water partition coefficient (Wildman–Crippen LogP) is 0.794. The quantitative estimate of drug-likeness (QED) is 0.698. The number of fused-ring (bicyclic) bond motifs is 1. The maximum atomic E-state index is 11.0. The Balaban J connectivity index is 2.26. The van der Waals surface area contributed by atoms with E-state index >= 15 is 0 Å². The Labute approximate surface area is 82.9 Å². The first kappa shape index (κ1) is 9.40. The molecule has 0 N–H and O–H groups in total. The van der Waals surface area contributed by atoms with Gasteiger partial charge in [0.1, 0.15) is 11.5 Å². The number of ketones is 1. The first-order valence-electron chi connectivity index (χ1n) is 4.81. The van der Waals surface area contributed by atoms with Gasteiger partial charge in [-0.3, -0.25) is 4.79 Å². The Morgan fingerprint density at radius 2 is 2.43 bits per heavy atom. The summed E-state index contributed by atoms with van der Waals surface area (Å²) in [6.07, 6.45) is 1.30. The van der Waals surface area contributed by atoms with Crippen LogP contribution in [-0.2, 0) is 24.2 Å². The summed E-state index contributed by atoms with van der Waals surface area (Å²) >= 11 is 0. The number of rotatable bonds is 2. The van der Waals surface area contributed by atoms with E-state index < -0.39 is 0 Å². The van der Waals surface area contributed by atoms with Crippen LogP contribution in [-0.4, -0.2) is 29.4 Å². The van der Waals surface area contributed by atoms with Crippen molar-refractivity contribution in [2.45, 2.75) is 26.3 Å². The molecular weight excluding hydrogens is 180 g/mol. The molecule has 0 atom stereocenters. The molecule has 1 aliphatic rings. The van der Waals surface area contributed by atoms with Gasteiger partial charge in [-0.2, -0.15) is 0 Å². The van der Waals surface area contributed by atoms with Crippen LogP contribution in [0.25, 0.3) is 0 Å². The van der Waals surface area contributed by atoms with E-state index in [0.29, 0.717) is 6.42 Å². The topological polar surface area (TPSA) is 46.3 Å². The lowest BCUT2D eigenvalue weighted by atomic mass is 10.0. The Bertz CT molecular complexity index is 357. The first-order valence-corrected chi connectivity index (χ1v) is 4.81. The van der Waals surface area contributed by atoms with Crippen LogP contribution in [0.1, 0.15) is 23.9 Å². The van der Waals surface area contributed by atoms with Crippen molar-refractivity contribution in [3.63, 3.8) is 0 Å². The first-order chi connectivity index (χ1) is 6.66. The van der Waals surface area contributed by atoms with Gasteiger partial charge in [-0.15, -0.1) is 0 Å². The third kappa shape index (κ3) is 1.70. The van der Waals surface area contributed by atoms with Gasteiger partial charge >= 0.3 is 0 Å². The van der Waals surface area contributed by atoms with Crippen molar-refractivity contribution in [1.82, 2.24) is 10.1 Å². The van der Waals surface area contributed by atoms with Crippen molar-refractivity contribution in [3.05, 3.63) is 17.0 Å². The van der Waals surface area contributed by atoms with E-state index in [9.17, 15) is 4.79 Å². The van der Waals surface area contributed by atoms with Gasteiger partial charge in [0.15, 0.2) is 0 Å². The molecule has 0 aliphatic carbocycles. The number of hydrogen-bond donors (Lipinski definition) is 0. The fraction of sp³-hybridized carbons (Fsp3) is 0.600. The highest BCUT2D eigenvalue weighted by atomic mass is 16.5. The molecular formula is C10H14N2O2. The molecule has 0 spiro atoms. The Hall–Kier alpha value is -1.16. The Morgan fingerprint density at radius 1 is 1.64 bits per heavy atom. The zero-order valence-electron chi connectivity index (χ0n) is 8.54. The summed E-state index contributed by atoms with van der Waals surface area (Å²) < 4.78 is 5.18. The molecule has 0 saturated heterocycles. The molecule has 0 fully saturated rings. The second kappa shape index (κ2) is 3.53. The second-order valence-electron chi connectivity index (χ2n) is 3.90. The molecule has 0 saturated carbocycles. The largest absolute Gasteiger partial charge is 0.360 e. The van der Waals surface area contributed by atoms with E-state index in [0.717, 1.165) is 36.5 Å². The smallest absolute Gasteiger partial charge is 0.148 e. The summed E-state index contributed by atoms with van der Waals surface area (Å²) in [5.41, 5.74) is 2.15. The fourth-order valence-electron chi connectivity index (χ4n) is 1.77. The fourth-order valence-corrected chi connectivity index (χ4v) is 1.77. The van der Waals surface area contributed by atoms with Crippen LogP contribution in [0.2, 0.25) is 0 Å². The number of hydrogen-bond acceptors (Lipinski definition) is 4. The normalized spacial score (nSPS) is 16.7. The van der Waals surface area contributed by atoms with E-state index in [1.165, 1.54) is 0 Å². The maximum Gasteiger partial charge on any atom is 0.148 e. The molecule has 1 aromatic rings. The monoisotopic (exact) mass is 194 g/mol. The number of nitrogens with zero attached hydrogens (tertiary/aromatic N) is 2. The van der Waals surface area contributed by atoms with E-state index in [-0.39, 0.29) is 5.78 Å². The van der Waals surface area contributed by atoms with Gasteiger partial charge in [-0.25, -0.2) is 0 Å². The SMILES string of the molecule is CC(=O)Cc1onc2c1CN(C)CC2. The molecule has 14 heavy (non-hydrogen) atoms. The average molecular weight is 194 g/mol. The van der Waals surface area contributed by atoms with Crippen molar-refractivity contribution in [3.8, 4) is 0 Å². The maximum absolute atomic E-state index is 11.0. The van der Waals surface area contributed by atoms with E-state index in [1.807, 2.05) is 0 Å². The van der Waals surface area contributed by atoms with E-state index in [2.05, 4.69) is 17.1 Å². The Morgan fingerprint density at radius 3 is 3.14 bits per heavy atom. The number of Topliss-reactive ketones (excluding diaryl/α,β-unsaturated/α-hetero) is 1. The molecule has 4 heteroatoms. The third-order valence-electron chi connectivity index (χ3n) is 2.52. The summed E-state index contributed by atoms with van der Waals surface area (Å²) in [5.74, 6) is 0.872. The minimum atomic E-state index is 0.122. The van der Waals surface area contributed by atoms with E-state index in [4.69, 9.17) is 4.52 Å². The molecule has 0 radical (unpaired) electrons. The van der Waals surface area contributed by atoms with Gasteiger partial charge in [0, 0.05) is 25.1 Å². The third-order valence-corrected chi connectivity index (χ3v) is 2.52. The average Bonchev–Trinajstić information content (AvgIpc) is 2.47. The van der Waals surface area contributed by atoms with Gasteiger partial charge in [-0.05, 0) is 14.0 Å². The number of likely N-dealkylation sites (N-methyl/N-ethyl adjacent to an activating group) is 1. The van der Waals surface area contributed by atoms with Crippen LogP contribution < -0.4 is 0 Å². The van der Waals surface area contributed by atoms with Crippen LogP contribution in [0.3, 0.4) is 0 Å². The van der Waals surface area contributed by atoms with Gasteiger partial charge in [0.25, 0.3) is 0 Å². The van der Waals surface area contributed by atoms with Gasteiger partial charge in [-0.1, -0.05) is 5.16 Å². The van der Waals surface area contributed by atoms with Crippen molar-refractivity contribution in [1.29, 1.82) is 0 Å². The zero-order valence-corrected chi connectivity index (χ0v) is 8.54. The lowest BCUT2D eigenvalue weighted by Gasteiger charge is -2.20. The van der Waals surface area contributed by atoms with Crippen molar-refractivity contribution >= 4 is 5.78 Å². The van der Waals surface area contributed by atoms with Gasteiger partial charge in [0.05, 0.1) is 12.1 Å². The highest BCUT2D eigenvalue weighted by Crippen LogP contribution is 2.21. The molecule has 76 valence electrons. The summed E-state index contributed by atoms with van der Waals surface area (Å²) in [4.78, 5) is 13.2. The molecule has 0 bridgehead atoms. The van der Waals surface area contributed by atoms with Crippen LogP contribution >= 0.6 is 0 Å². The molecule has 2 rings (SSSR count). The van der Waals surface area contributed by atoms with Crippen LogP contribution in [0.15, 0.2) is 4.52 Å². The van der Waals surface area contributed by atoms with Gasteiger partial charge in [0.2, 0.25) is 0 Å². The highest BCUT2D eigenvalue weighted by Gasteiger charge is 2.22. The molecule has 0 unspecified atom stereocenters. The van der Waals surface area contributed by atoms with Crippen LogP contribution in [0, 0.1) is 0 Å². The zero-order chi connectivity index (χ0) is 10.1. The van der Waals surface area contributed by atoms with Crippen molar-refractivity contribution in [2.75, 3.05) is 13.6 Å². The molecule has 0 amide bonds. The summed E-state index contributed by atoms with van der Waals surface area (Å²) in [5, 5.41) is 3.99. The summed E-state index contributed by atoms with van der Waals surface area (Å²) in [7, 11) is 2.06. The highest BCUT2D eigenvalue weighted by molar-refractivity contribution is 5.77. The van der Waals surface area contributed by atoms with Crippen LogP contribution in [0.4, 0.5) is 0 Å². The molecule has 1 aromatic heterocycles. The molecule has 2 heterocycles. The molecule has 0 aromatic carbocycles. The summed E-state index contributed by atoms with van der Waals surface area (Å²) in [6.45, 7) is 3.43. The van der Waals surface area contributed by atoms with Gasteiger partial charge < -0.3 is 9.42 Å². The minimum absolute atomic E-state index is 0.122. The molecule has 4 nitrogen and oxygen atoms in total. The molecule has 1 aliphatic heterocycles. The number of carbonyl (C=O) groups is 1. The number of aromatic nitrogens is 1. The Kier molecular flexibility index (Phi) is 2.37. The lowest BCUT2D eigenvalue weighted by molar-refractivity contribution is -0.116. The van der Waals surface area contributed by atoms with Crippen molar-refractivity contribution in [2.24, 2.45) is 0 Å². The van der Waals surface area contributed by atoms with E-state index in [1.54, 1.807) is 6.92 Å². The summed E-state index contributed by atoms with van der Waals surface area (Å²) in [6, 6.07) is 0. The standard InChI is InChI=1S/C10H14N2O2/c1-7(13)5-10-8-6-12(2)4-3-9(8)11-14-10/h3-6H2,1-2H3. The van der Waals surface area contributed by atoms with Crippen molar-refractivity contribution < 1.29 is 9.32 Å².